The van der Waals surface area contributed by atoms with Gasteiger partial charge in [0, 0.05) is 0 Å². The molecule has 0 aromatic carbocycles. The summed E-state index contributed by atoms with van der Waals surface area (Å²) in [6.45, 7) is 13.6. The van der Waals surface area contributed by atoms with E-state index in [4.69, 9.17) is 4.74 Å². The van der Waals surface area contributed by atoms with E-state index < -0.39 is 18.3 Å². The maximum atomic E-state index is 10.3. The Morgan fingerprint density at radius 3 is 2.70 bits per heavy atom. The molecular weight excluding hydrogens is 403 g/mol. The molecule has 0 amide bonds. The van der Waals surface area contributed by atoms with E-state index in [1.807, 2.05) is 32.9 Å². The SMILES string of the molecule is C=C/C=C(\C=C(/C)C1OC(C)CC(O)[C@H]1O)Cc1ccc(/C(C=C)=C/C)[se]1. The van der Waals surface area contributed by atoms with E-state index in [1.54, 1.807) is 6.08 Å². The molecule has 146 valence electrons. The minimum absolute atomic E-state index is 0.0747. The first kappa shape index (κ1) is 21.9. The molecule has 4 heteroatoms. The van der Waals surface area contributed by atoms with Crippen LogP contribution >= 0.6 is 0 Å². The topological polar surface area (TPSA) is 49.7 Å². The first-order valence-corrected chi connectivity index (χ1v) is 11.0. The molecule has 0 aliphatic carbocycles. The van der Waals surface area contributed by atoms with Gasteiger partial charge in [-0.2, -0.15) is 0 Å². The van der Waals surface area contributed by atoms with Crippen LogP contribution in [-0.4, -0.2) is 49.1 Å². The van der Waals surface area contributed by atoms with Crippen LogP contribution in [0.3, 0.4) is 0 Å². The average Bonchev–Trinajstić information content (AvgIpc) is 3.07. The number of aliphatic hydroxyl groups is 2. The van der Waals surface area contributed by atoms with E-state index in [0.717, 1.165) is 17.6 Å². The molecule has 0 saturated carbocycles. The van der Waals surface area contributed by atoms with Gasteiger partial charge in [-0.1, -0.05) is 0 Å². The van der Waals surface area contributed by atoms with Crippen LogP contribution in [0.2, 0.25) is 0 Å². The van der Waals surface area contributed by atoms with E-state index in [9.17, 15) is 10.2 Å². The standard InChI is InChI=1S/C23H30O3Se/c1-6-9-17(14-19-10-11-21(27-19)18(7-2)8-3)12-15(4)23-22(25)20(24)13-16(5)26-23/h6-12,16,20,22-25H,1-2,13-14H2,3-5H3/b15-12+,17-9+,18-8+/t16?,20?,22-,23?/m1/s1. The predicted octanol–water partition coefficient (Wildman–Crippen LogP) is 3.83. The van der Waals surface area contributed by atoms with Crippen molar-refractivity contribution in [3.05, 3.63) is 75.7 Å². The van der Waals surface area contributed by atoms with Crippen molar-refractivity contribution in [3.63, 3.8) is 0 Å². The van der Waals surface area contributed by atoms with Gasteiger partial charge in [-0.05, 0) is 0 Å². The third-order valence-corrected chi connectivity index (χ3v) is 7.09. The summed E-state index contributed by atoms with van der Waals surface area (Å²) in [6, 6.07) is 4.38. The molecule has 1 aromatic heterocycles. The Bertz CT molecular complexity index is 753. The summed E-state index contributed by atoms with van der Waals surface area (Å²) in [5, 5.41) is 20.4. The van der Waals surface area contributed by atoms with E-state index >= 15 is 0 Å². The van der Waals surface area contributed by atoms with Crippen LogP contribution in [0, 0.1) is 0 Å². The molecule has 4 atom stereocenters. The summed E-state index contributed by atoms with van der Waals surface area (Å²) < 4.78 is 8.61. The fourth-order valence-electron chi connectivity index (χ4n) is 3.32. The zero-order valence-corrected chi connectivity index (χ0v) is 18.1. The van der Waals surface area contributed by atoms with Crippen molar-refractivity contribution in [2.45, 2.75) is 58.0 Å². The quantitative estimate of drug-likeness (QED) is 0.508. The van der Waals surface area contributed by atoms with Crippen molar-refractivity contribution >= 4 is 20.1 Å². The van der Waals surface area contributed by atoms with Crippen molar-refractivity contribution in [1.29, 1.82) is 0 Å². The van der Waals surface area contributed by atoms with Gasteiger partial charge in [-0.15, -0.1) is 0 Å². The Labute approximate surface area is 168 Å². The normalized spacial score (nSPS) is 27.5. The monoisotopic (exact) mass is 434 g/mol. The first-order chi connectivity index (χ1) is 12.9. The van der Waals surface area contributed by atoms with Crippen LogP contribution in [0.1, 0.15) is 36.1 Å². The summed E-state index contributed by atoms with van der Waals surface area (Å²) >= 11 is 0.281. The Hall–Kier alpha value is -1.42. The fourth-order valence-corrected chi connectivity index (χ4v) is 5.65. The molecule has 0 spiro atoms. The third kappa shape index (κ3) is 5.78. The van der Waals surface area contributed by atoms with Crippen molar-refractivity contribution in [1.82, 2.24) is 0 Å². The van der Waals surface area contributed by atoms with Crippen LogP contribution < -0.4 is 0 Å². The second-order valence-electron chi connectivity index (χ2n) is 6.92. The Morgan fingerprint density at radius 1 is 1.33 bits per heavy atom. The first-order valence-electron chi connectivity index (χ1n) is 9.28. The molecule has 2 heterocycles. The number of aliphatic hydroxyl groups excluding tert-OH is 2. The van der Waals surface area contributed by atoms with E-state index in [2.05, 4.69) is 37.4 Å². The van der Waals surface area contributed by atoms with Gasteiger partial charge in [-0.25, -0.2) is 0 Å². The maximum absolute atomic E-state index is 10.3. The van der Waals surface area contributed by atoms with Crippen LogP contribution in [0.4, 0.5) is 0 Å². The van der Waals surface area contributed by atoms with Crippen molar-refractivity contribution in [2.24, 2.45) is 0 Å². The Balaban J connectivity index is 2.20. The zero-order valence-electron chi connectivity index (χ0n) is 16.4. The van der Waals surface area contributed by atoms with Gasteiger partial charge in [-0.3, -0.25) is 0 Å². The van der Waals surface area contributed by atoms with Gasteiger partial charge in [0.1, 0.15) is 0 Å². The van der Waals surface area contributed by atoms with Crippen molar-refractivity contribution in [3.8, 4) is 0 Å². The molecule has 1 fully saturated rings. The van der Waals surface area contributed by atoms with E-state index in [-0.39, 0.29) is 20.6 Å². The second-order valence-corrected chi connectivity index (χ2v) is 9.37. The molecule has 2 N–H and O–H groups in total. The van der Waals surface area contributed by atoms with Gasteiger partial charge in [0.2, 0.25) is 0 Å². The molecule has 3 nitrogen and oxygen atoms in total. The van der Waals surface area contributed by atoms with E-state index in [0.29, 0.717) is 6.42 Å². The molecule has 1 aliphatic heterocycles. The average molecular weight is 433 g/mol. The predicted molar refractivity (Wildman–Crippen MR) is 114 cm³/mol. The van der Waals surface area contributed by atoms with Crippen LogP contribution in [0.5, 0.6) is 0 Å². The summed E-state index contributed by atoms with van der Waals surface area (Å²) in [5.41, 5.74) is 3.24. The number of hydrogen-bond donors (Lipinski definition) is 2. The summed E-state index contributed by atoms with van der Waals surface area (Å²) in [5.74, 6) is 0. The van der Waals surface area contributed by atoms with E-state index in [1.165, 1.54) is 14.4 Å². The molecule has 0 radical (unpaired) electrons. The van der Waals surface area contributed by atoms with Crippen LogP contribution in [-0.2, 0) is 11.2 Å². The molecule has 1 saturated heterocycles. The molecular formula is C23H30O3Se. The summed E-state index contributed by atoms with van der Waals surface area (Å²) in [6.07, 6.45) is 8.93. The van der Waals surface area contributed by atoms with Gasteiger partial charge in [0.25, 0.3) is 0 Å². The number of ether oxygens (including phenoxy) is 1. The minimum atomic E-state index is -0.893. The molecule has 1 aromatic rings. The van der Waals surface area contributed by atoms with Crippen LogP contribution in [0.25, 0.3) is 5.57 Å². The Morgan fingerprint density at radius 2 is 2.07 bits per heavy atom. The van der Waals surface area contributed by atoms with Crippen molar-refractivity contribution in [2.75, 3.05) is 0 Å². The summed E-state index contributed by atoms with van der Waals surface area (Å²) in [7, 11) is 0. The fraction of sp³-hybridized carbons (Fsp3) is 0.391. The molecule has 3 unspecified atom stereocenters. The second kappa shape index (κ2) is 10.2. The van der Waals surface area contributed by atoms with Crippen LogP contribution in [0.15, 0.2) is 66.8 Å². The van der Waals surface area contributed by atoms with Gasteiger partial charge >= 0.3 is 169 Å². The zero-order chi connectivity index (χ0) is 20.0. The van der Waals surface area contributed by atoms with Gasteiger partial charge < -0.3 is 0 Å². The van der Waals surface area contributed by atoms with Gasteiger partial charge in [0.05, 0.1) is 0 Å². The third-order valence-electron chi connectivity index (χ3n) is 4.71. The number of rotatable bonds is 7. The molecule has 27 heavy (non-hydrogen) atoms. The molecule has 2 rings (SSSR count). The van der Waals surface area contributed by atoms with Gasteiger partial charge in [0.15, 0.2) is 0 Å². The summed E-state index contributed by atoms with van der Waals surface area (Å²) in [4.78, 5) is 0. The Kier molecular flexibility index (Phi) is 8.27. The number of allylic oxidation sites excluding steroid dienone is 7. The number of hydrogen-bond acceptors (Lipinski definition) is 3. The molecule has 0 bridgehead atoms. The molecule has 1 aliphatic rings. The van der Waals surface area contributed by atoms with Crippen molar-refractivity contribution < 1.29 is 14.9 Å².